The zero-order valence-corrected chi connectivity index (χ0v) is 10.4. The molecule has 0 aromatic heterocycles. The lowest BCUT2D eigenvalue weighted by atomic mass is 10.1. The number of aliphatic carboxylic acids is 1. The standard InChI is InChI=1S/C11H19NO3S/c1-2-3-4-5-6-9-10(13)12-8(7-16-9)11(14)15/h8-9H,2-7H2,1H3,(H,12,13)(H,14,15). The number of carbonyl (C=O) groups is 2. The molecule has 1 aliphatic heterocycles. The molecule has 1 rings (SSSR count). The SMILES string of the molecule is CCCCCCC1SCC(C(=O)O)NC1=O. The number of amides is 1. The lowest BCUT2D eigenvalue weighted by Crippen LogP contribution is -2.50. The van der Waals surface area contributed by atoms with E-state index in [2.05, 4.69) is 12.2 Å². The minimum Gasteiger partial charge on any atom is -0.480 e. The zero-order valence-electron chi connectivity index (χ0n) is 9.57. The highest BCUT2D eigenvalue weighted by Crippen LogP contribution is 2.23. The van der Waals surface area contributed by atoms with Gasteiger partial charge >= 0.3 is 5.97 Å². The smallest absolute Gasteiger partial charge is 0.327 e. The molecule has 0 saturated carbocycles. The van der Waals surface area contributed by atoms with Crippen LogP contribution in [0.15, 0.2) is 0 Å². The summed E-state index contributed by atoms with van der Waals surface area (Å²) in [5.74, 6) is -0.565. The van der Waals surface area contributed by atoms with Crippen molar-refractivity contribution in [2.24, 2.45) is 0 Å². The van der Waals surface area contributed by atoms with Crippen LogP contribution in [0.2, 0.25) is 0 Å². The van der Waals surface area contributed by atoms with E-state index in [0.717, 1.165) is 19.3 Å². The maximum absolute atomic E-state index is 11.6. The van der Waals surface area contributed by atoms with Crippen molar-refractivity contribution in [2.75, 3.05) is 5.75 Å². The van der Waals surface area contributed by atoms with Crippen molar-refractivity contribution in [3.8, 4) is 0 Å². The molecule has 0 aromatic carbocycles. The summed E-state index contributed by atoms with van der Waals surface area (Å²) in [6.45, 7) is 2.15. The van der Waals surface area contributed by atoms with Gasteiger partial charge in [-0.3, -0.25) is 4.79 Å². The normalized spacial score (nSPS) is 25.2. The summed E-state index contributed by atoms with van der Waals surface area (Å²) in [4.78, 5) is 22.3. The monoisotopic (exact) mass is 245 g/mol. The summed E-state index contributed by atoms with van der Waals surface area (Å²) in [7, 11) is 0. The van der Waals surface area contributed by atoms with Crippen LogP contribution < -0.4 is 5.32 Å². The highest BCUT2D eigenvalue weighted by Gasteiger charge is 2.31. The van der Waals surface area contributed by atoms with E-state index in [1.807, 2.05) is 0 Å². The molecule has 0 aromatic rings. The minimum atomic E-state index is -0.940. The van der Waals surface area contributed by atoms with E-state index in [1.54, 1.807) is 0 Å². The van der Waals surface area contributed by atoms with Crippen molar-refractivity contribution in [3.63, 3.8) is 0 Å². The Morgan fingerprint density at radius 2 is 2.25 bits per heavy atom. The molecule has 4 nitrogen and oxygen atoms in total. The summed E-state index contributed by atoms with van der Waals surface area (Å²) in [6.07, 6.45) is 5.46. The molecule has 2 atom stereocenters. The third-order valence-corrected chi connectivity index (χ3v) is 4.07. The number of carbonyl (C=O) groups excluding carboxylic acids is 1. The maximum Gasteiger partial charge on any atom is 0.327 e. The average molecular weight is 245 g/mol. The second kappa shape index (κ2) is 6.78. The van der Waals surface area contributed by atoms with E-state index >= 15 is 0 Å². The van der Waals surface area contributed by atoms with Gasteiger partial charge in [0.1, 0.15) is 6.04 Å². The third kappa shape index (κ3) is 4.04. The number of rotatable bonds is 6. The Morgan fingerprint density at radius 1 is 1.50 bits per heavy atom. The van der Waals surface area contributed by atoms with E-state index in [-0.39, 0.29) is 11.2 Å². The average Bonchev–Trinajstić information content (AvgIpc) is 2.26. The first-order valence-corrected chi connectivity index (χ1v) is 6.84. The molecule has 0 radical (unpaired) electrons. The fourth-order valence-corrected chi connectivity index (χ4v) is 2.90. The van der Waals surface area contributed by atoms with Gasteiger partial charge in [0.15, 0.2) is 0 Å². The van der Waals surface area contributed by atoms with Gasteiger partial charge in [0, 0.05) is 5.75 Å². The number of thioether (sulfide) groups is 1. The van der Waals surface area contributed by atoms with Crippen molar-refractivity contribution < 1.29 is 14.7 Å². The maximum atomic E-state index is 11.6. The summed E-state index contributed by atoms with van der Waals surface area (Å²) < 4.78 is 0. The predicted octanol–water partition coefficient (Wildman–Crippen LogP) is 1.64. The van der Waals surface area contributed by atoms with Crippen LogP contribution in [0, 0.1) is 0 Å². The number of carboxylic acid groups (broad SMARTS) is 1. The third-order valence-electron chi connectivity index (χ3n) is 2.69. The van der Waals surface area contributed by atoms with E-state index in [1.165, 1.54) is 24.6 Å². The van der Waals surface area contributed by atoms with Gasteiger partial charge in [0.2, 0.25) is 5.91 Å². The molecule has 0 aliphatic carbocycles. The van der Waals surface area contributed by atoms with Crippen molar-refractivity contribution >= 4 is 23.6 Å². The summed E-state index contributed by atoms with van der Waals surface area (Å²) in [6, 6.07) is -0.704. The Kier molecular flexibility index (Phi) is 5.66. The number of carboxylic acids is 1. The fraction of sp³-hybridized carbons (Fsp3) is 0.818. The van der Waals surface area contributed by atoms with Gasteiger partial charge in [-0.1, -0.05) is 32.6 Å². The molecule has 0 spiro atoms. The van der Waals surface area contributed by atoms with Gasteiger partial charge in [0.05, 0.1) is 5.25 Å². The van der Waals surface area contributed by atoms with E-state index in [9.17, 15) is 9.59 Å². The lowest BCUT2D eigenvalue weighted by Gasteiger charge is -2.26. The van der Waals surface area contributed by atoms with Crippen LogP contribution in [0.4, 0.5) is 0 Å². The molecule has 1 aliphatic rings. The van der Waals surface area contributed by atoms with Crippen LogP contribution in [0.1, 0.15) is 39.0 Å². The number of unbranched alkanes of at least 4 members (excludes halogenated alkanes) is 3. The summed E-state index contributed by atoms with van der Waals surface area (Å²) in [5.41, 5.74) is 0. The van der Waals surface area contributed by atoms with Crippen molar-refractivity contribution in [1.82, 2.24) is 5.32 Å². The van der Waals surface area contributed by atoms with Gasteiger partial charge in [-0.25, -0.2) is 4.79 Å². The van der Waals surface area contributed by atoms with Crippen molar-refractivity contribution in [2.45, 2.75) is 50.3 Å². The number of nitrogens with one attached hydrogen (secondary N) is 1. The summed E-state index contributed by atoms with van der Waals surface area (Å²) in [5, 5.41) is 11.3. The Balaban J connectivity index is 2.25. The molecular weight excluding hydrogens is 226 g/mol. The van der Waals surface area contributed by atoms with Crippen molar-refractivity contribution in [1.29, 1.82) is 0 Å². The minimum absolute atomic E-state index is 0.0487. The van der Waals surface area contributed by atoms with Crippen LogP contribution >= 0.6 is 11.8 Å². The topological polar surface area (TPSA) is 66.4 Å². The second-order valence-electron chi connectivity index (χ2n) is 4.07. The second-order valence-corrected chi connectivity index (χ2v) is 5.31. The molecule has 16 heavy (non-hydrogen) atoms. The van der Waals surface area contributed by atoms with Crippen LogP contribution in [0.3, 0.4) is 0 Å². The molecular formula is C11H19NO3S. The molecule has 1 amide bonds. The molecule has 1 fully saturated rings. The van der Waals surface area contributed by atoms with Gasteiger partial charge in [0.25, 0.3) is 0 Å². The molecule has 5 heteroatoms. The predicted molar refractivity (Wildman–Crippen MR) is 64.6 cm³/mol. The fourth-order valence-electron chi connectivity index (χ4n) is 1.70. The molecule has 0 bridgehead atoms. The zero-order chi connectivity index (χ0) is 12.0. The Hall–Kier alpha value is -0.710. The molecule has 92 valence electrons. The Bertz CT molecular complexity index is 258. The molecule has 1 saturated heterocycles. The quantitative estimate of drug-likeness (QED) is 0.698. The van der Waals surface area contributed by atoms with Gasteiger partial charge in [-0.15, -0.1) is 11.8 Å². The molecule has 2 unspecified atom stereocenters. The van der Waals surface area contributed by atoms with Gasteiger partial charge in [-0.2, -0.15) is 0 Å². The van der Waals surface area contributed by atoms with E-state index in [0.29, 0.717) is 5.75 Å². The van der Waals surface area contributed by atoms with Gasteiger partial charge < -0.3 is 10.4 Å². The number of hydrogen-bond donors (Lipinski definition) is 2. The van der Waals surface area contributed by atoms with Crippen LogP contribution in [0.5, 0.6) is 0 Å². The van der Waals surface area contributed by atoms with Crippen LogP contribution in [-0.4, -0.2) is 34.0 Å². The first kappa shape index (κ1) is 13.4. The summed E-state index contributed by atoms with van der Waals surface area (Å²) >= 11 is 1.47. The number of hydrogen-bond acceptors (Lipinski definition) is 3. The highest BCUT2D eigenvalue weighted by molar-refractivity contribution is 8.00. The largest absolute Gasteiger partial charge is 0.480 e. The van der Waals surface area contributed by atoms with Crippen LogP contribution in [0.25, 0.3) is 0 Å². The van der Waals surface area contributed by atoms with E-state index in [4.69, 9.17) is 5.11 Å². The van der Waals surface area contributed by atoms with Gasteiger partial charge in [-0.05, 0) is 6.42 Å². The van der Waals surface area contributed by atoms with Crippen molar-refractivity contribution in [3.05, 3.63) is 0 Å². The lowest BCUT2D eigenvalue weighted by molar-refractivity contribution is -0.141. The van der Waals surface area contributed by atoms with E-state index < -0.39 is 12.0 Å². The van der Waals surface area contributed by atoms with Crippen LogP contribution in [-0.2, 0) is 9.59 Å². The first-order valence-electron chi connectivity index (χ1n) is 5.80. The molecule has 2 N–H and O–H groups in total. The first-order chi connectivity index (χ1) is 7.65. The Morgan fingerprint density at radius 3 is 2.81 bits per heavy atom. The Labute approximate surface area is 100 Å². The molecule has 1 heterocycles. The highest BCUT2D eigenvalue weighted by atomic mass is 32.2.